The van der Waals surface area contributed by atoms with Gasteiger partial charge >= 0.3 is 12.4 Å². The van der Waals surface area contributed by atoms with Gasteiger partial charge in [0.15, 0.2) is 5.60 Å². The first kappa shape index (κ1) is 28.1. The standard InChI is InChI=1S/C26H22ClF6N5O2/c1-37-13-34-9-21(37)24(39,15-5-6-35-20(8-15)26(31,32)33)14-3-4-19-17(7-14)22(27)18(23(36-19)40-2)12-38-10-16(11-38)25(28,29)30/h3-9,13,16,39H,10-12H2,1-2H3/t24-/m0/s1. The molecule has 4 heterocycles. The zero-order valence-corrected chi connectivity index (χ0v) is 21.8. The van der Waals surface area contributed by atoms with Crippen molar-refractivity contribution in [3.63, 3.8) is 0 Å². The Labute approximate surface area is 229 Å². The van der Waals surface area contributed by atoms with Crippen LogP contribution in [0.25, 0.3) is 10.9 Å². The first-order valence-electron chi connectivity index (χ1n) is 11.9. The molecule has 212 valence electrons. The highest BCUT2D eigenvalue weighted by molar-refractivity contribution is 6.36. The molecule has 0 amide bonds. The second-order valence-electron chi connectivity index (χ2n) is 9.61. The molecular weight excluding hydrogens is 564 g/mol. The van der Waals surface area contributed by atoms with Crippen LogP contribution in [0.2, 0.25) is 5.02 Å². The van der Waals surface area contributed by atoms with Crippen molar-refractivity contribution < 1.29 is 36.2 Å². The Balaban J connectivity index is 1.63. The minimum atomic E-state index is -4.76. The van der Waals surface area contributed by atoms with Crippen molar-refractivity contribution in [1.29, 1.82) is 0 Å². The van der Waals surface area contributed by atoms with E-state index in [9.17, 15) is 31.4 Å². The molecule has 1 fully saturated rings. The number of pyridine rings is 2. The van der Waals surface area contributed by atoms with E-state index in [0.29, 0.717) is 16.5 Å². The first-order valence-corrected chi connectivity index (χ1v) is 12.3. The van der Waals surface area contributed by atoms with Crippen molar-refractivity contribution in [2.45, 2.75) is 24.5 Å². The van der Waals surface area contributed by atoms with Crippen LogP contribution in [0, 0.1) is 5.92 Å². The monoisotopic (exact) mass is 585 g/mol. The third-order valence-corrected chi connectivity index (χ3v) is 7.48. The Hall–Kier alpha value is -3.42. The van der Waals surface area contributed by atoms with E-state index in [0.717, 1.165) is 12.3 Å². The smallest absolute Gasteiger partial charge is 0.433 e. The highest BCUT2D eigenvalue weighted by atomic mass is 35.5. The van der Waals surface area contributed by atoms with E-state index in [1.807, 2.05) is 0 Å². The number of hydrogen-bond acceptors (Lipinski definition) is 6. The number of aromatic nitrogens is 4. The number of benzene rings is 1. The second-order valence-corrected chi connectivity index (χ2v) is 9.98. The largest absolute Gasteiger partial charge is 0.481 e. The SMILES string of the molecule is COc1nc2ccc([C@](O)(c3ccnc(C(F)(F)F)c3)c3cncn3C)cc2c(Cl)c1CN1CC(C(F)(F)F)C1. The average Bonchev–Trinajstić information content (AvgIpc) is 3.31. The van der Waals surface area contributed by atoms with Crippen LogP contribution < -0.4 is 4.74 Å². The highest BCUT2D eigenvalue weighted by Crippen LogP contribution is 2.42. The number of aliphatic hydroxyl groups is 1. The minimum absolute atomic E-state index is 0.0348. The summed E-state index contributed by atoms with van der Waals surface area (Å²) in [6.45, 7) is -0.372. The molecule has 0 saturated carbocycles. The van der Waals surface area contributed by atoms with Crippen molar-refractivity contribution in [3.8, 4) is 5.88 Å². The van der Waals surface area contributed by atoms with Crippen molar-refractivity contribution in [2.75, 3.05) is 20.2 Å². The summed E-state index contributed by atoms with van der Waals surface area (Å²) in [5.74, 6) is -1.31. The lowest BCUT2D eigenvalue weighted by Crippen LogP contribution is -2.52. The molecule has 1 aromatic carbocycles. The summed E-state index contributed by atoms with van der Waals surface area (Å²) in [4.78, 5) is 13.4. The molecule has 1 saturated heterocycles. The quantitative estimate of drug-likeness (QED) is 0.309. The number of likely N-dealkylation sites (tertiary alicyclic amines) is 1. The van der Waals surface area contributed by atoms with E-state index in [-0.39, 0.29) is 47.4 Å². The van der Waals surface area contributed by atoms with E-state index in [2.05, 4.69) is 15.0 Å². The number of imidazole rings is 1. The molecule has 0 aliphatic carbocycles. The van der Waals surface area contributed by atoms with Gasteiger partial charge in [-0.15, -0.1) is 0 Å². The molecule has 1 atom stereocenters. The van der Waals surface area contributed by atoms with Crippen LogP contribution in [0.3, 0.4) is 0 Å². The third kappa shape index (κ3) is 4.86. The molecule has 0 unspecified atom stereocenters. The Morgan fingerprint density at radius 1 is 1.07 bits per heavy atom. The van der Waals surface area contributed by atoms with Gasteiger partial charge in [-0.1, -0.05) is 17.7 Å². The lowest BCUT2D eigenvalue weighted by molar-refractivity contribution is -0.210. The van der Waals surface area contributed by atoms with Gasteiger partial charge in [0.2, 0.25) is 5.88 Å². The van der Waals surface area contributed by atoms with Crippen LogP contribution in [0.15, 0.2) is 49.1 Å². The lowest BCUT2D eigenvalue weighted by atomic mass is 9.83. The maximum atomic E-state index is 13.5. The van der Waals surface area contributed by atoms with Crippen LogP contribution in [0.4, 0.5) is 26.3 Å². The fourth-order valence-electron chi connectivity index (χ4n) is 4.88. The molecule has 0 bridgehead atoms. The maximum absolute atomic E-state index is 13.5. The second kappa shape index (κ2) is 9.89. The van der Waals surface area contributed by atoms with Gasteiger partial charge in [0.05, 0.1) is 41.8 Å². The molecule has 1 aliphatic heterocycles. The number of rotatable bonds is 6. The van der Waals surface area contributed by atoms with E-state index >= 15 is 0 Å². The summed E-state index contributed by atoms with van der Waals surface area (Å²) in [7, 11) is 2.94. The van der Waals surface area contributed by atoms with Gasteiger partial charge in [0.1, 0.15) is 5.69 Å². The number of halogens is 7. The van der Waals surface area contributed by atoms with Gasteiger partial charge in [-0.3, -0.25) is 9.88 Å². The van der Waals surface area contributed by atoms with E-state index in [1.54, 1.807) is 11.9 Å². The van der Waals surface area contributed by atoms with Crippen molar-refractivity contribution in [2.24, 2.45) is 13.0 Å². The van der Waals surface area contributed by atoms with Gasteiger partial charge < -0.3 is 14.4 Å². The van der Waals surface area contributed by atoms with Gasteiger partial charge in [-0.05, 0) is 35.4 Å². The summed E-state index contributed by atoms with van der Waals surface area (Å²) in [5, 5.41) is 12.6. The predicted octanol–water partition coefficient (Wildman–Crippen LogP) is 5.32. The molecule has 14 heteroatoms. The molecule has 1 aliphatic rings. The topological polar surface area (TPSA) is 76.3 Å². The van der Waals surface area contributed by atoms with E-state index in [4.69, 9.17) is 16.3 Å². The number of hydrogen-bond donors (Lipinski definition) is 1. The fourth-order valence-corrected chi connectivity index (χ4v) is 5.17. The van der Waals surface area contributed by atoms with E-state index < -0.39 is 29.6 Å². The number of aryl methyl sites for hydroxylation is 1. The van der Waals surface area contributed by atoms with Gasteiger partial charge in [0.25, 0.3) is 0 Å². The van der Waals surface area contributed by atoms with Crippen LogP contribution in [-0.4, -0.2) is 55.9 Å². The third-order valence-electron chi connectivity index (χ3n) is 7.05. The van der Waals surface area contributed by atoms with Crippen LogP contribution >= 0.6 is 11.6 Å². The highest BCUT2D eigenvalue weighted by Gasteiger charge is 2.47. The maximum Gasteiger partial charge on any atom is 0.433 e. The van der Waals surface area contributed by atoms with Crippen molar-refractivity contribution in [3.05, 3.63) is 82.2 Å². The summed E-state index contributed by atoms with van der Waals surface area (Å²) >= 11 is 6.76. The molecule has 0 radical (unpaired) electrons. The predicted molar refractivity (Wildman–Crippen MR) is 133 cm³/mol. The summed E-state index contributed by atoms with van der Waals surface area (Å²) in [6.07, 6.45) is -5.37. The molecule has 1 N–H and O–H groups in total. The van der Waals surface area contributed by atoms with Crippen molar-refractivity contribution in [1.82, 2.24) is 24.4 Å². The number of fused-ring (bicyclic) bond motifs is 1. The lowest BCUT2D eigenvalue weighted by Gasteiger charge is -2.40. The molecule has 4 aromatic rings. The van der Waals surface area contributed by atoms with Gasteiger partial charge in [0, 0.05) is 43.8 Å². The van der Waals surface area contributed by atoms with Crippen LogP contribution in [0.1, 0.15) is 28.1 Å². The summed E-state index contributed by atoms with van der Waals surface area (Å²) < 4.78 is 86.4. The summed E-state index contributed by atoms with van der Waals surface area (Å²) in [6, 6.07) is 6.54. The van der Waals surface area contributed by atoms with Crippen LogP contribution in [-0.2, 0) is 25.4 Å². The summed E-state index contributed by atoms with van der Waals surface area (Å²) in [5.41, 5.74) is -2.40. The molecule has 5 rings (SSSR count). The first-order chi connectivity index (χ1) is 18.7. The average molecular weight is 586 g/mol. The molecule has 3 aromatic heterocycles. The Kier molecular flexibility index (Phi) is 6.95. The van der Waals surface area contributed by atoms with E-state index in [1.165, 1.54) is 48.5 Å². The van der Waals surface area contributed by atoms with Crippen LogP contribution in [0.5, 0.6) is 5.88 Å². The molecule has 0 spiro atoms. The zero-order valence-electron chi connectivity index (χ0n) is 21.1. The Morgan fingerprint density at radius 2 is 1.77 bits per heavy atom. The Morgan fingerprint density at radius 3 is 2.38 bits per heavy atom. The zero-order chi connectivity index (χ0) is 29.0. The minimum Gasteiger partial charge on any atom is -0.481 e. The molecular formula is C26H22ClF6N5O2. The number of alkyl halides is 6. The number of nitrogens with zero attached hydrogens (tertiary/aromatic N) is 5. The normalized spacial score (nSPS) is 16.6. The number of methoxy groups -OCH3 is 1. The Bertz CT molecular complexity index is 1570. The van der Waals surface area contributed by atoms with Gasteiger partial charge in [-0.2, -0.15) is 26.3 Å². The number of ether oxygens (including phenoxy) is 1. The fraction of sp³-hybridized carbons (Fsp3) is 0.346. The van der Waals surface area contributed by atoms with Crippen molar-refractivity contribution >= 4 is 22.5 Å². The molecule has 40 heavy (non-hydrogen) atoms. The van der Waals surface area contributed by atoms with Gasteiger partial charge in [-0.25, -0.2) is 9.97 Å². The molecule has 7 nitrogen and oxygen atoms in total.